The predicted molar refractivity (Wildman–Crippen MR) is 210 cm³/mol. The van der Waals surface area contributed by atoms with Gasteiger partial charge in [0.2, 0.25) is 0 Å². The summed E-state index contributed by atoms with van der Waals surface area (Å²) >= 11 is 0. The number of fused-ring (bicyclic) bond motifs is 15. The zero-order valence-corrected chi connectivity index (χ0v) is 32.0. The smallest absolute Gasteiger partial charge is 0.305 e. The molecule has 63 heavy (non-hydrogen) atoms. The zero-order valence-electron chi connectivity index (χ0n) is 32.0. The third kappa shape index (κ3) is 5.04. The topological polar surface area (TPSA) is 309 Å². The van der Waals surface area contributed by atoms with Crippen LogP contribution in [-0.4, -0.2) is 84.7 Å². The molecule has 0 amide bonds. The summed E-state index contributed by atoms with van der Waals surface area (Å²) < 4.78 is 32.6. The molecule has 5 heterocycles. The zero-order chi connectivity index (χ0) is 44.2. The Morgan fingerprint density at radius 2 is 0.921 bits per heavy atom. The number of benzene rings is 6. The van der Waals surface area contributed by atoms with Gasteiger partial charge in [-0.15, -0.1) is 0 Å². The monoisotopic (exact) mass is 862 g/mol. The van der Waals surface area contributed by atoms with E-state index < -0.39 is 105 Å². The molecule has 5 aliphatic rings. The van der Waals surface area contributed by atoms with E-state index in [1.165, 1.54) is 36.4 Å². The minimum Gasteiger partial charge on any atom is -0.508 e. The summed E-state index contributed by atoms with van der Waals surface area (Å²) in [6.45, 7) is 0. The van der Waals surface area contributed by atoms with Crippen LogP contribution in [0, 0.1) is 0 Å². The van der Waals surface area contributed by atoms with E-state index in [0.717, 1.165) is 42.5 Å². The average molecular weight is 863 g/mol. The minimum atomic E-state index is -2.43. The number of ether oxygens (including phenoxy) is 5. The van der Waals surface area contributed by atoms with Gasteiger partial charge in [-0.2, -0.15) is 0 Å². The van der Waals surface area contributed by atoms with Crippen LogP contribution in [0.15, 0.2) is 78.9 Å². The van der Waals surface area contributed by atoms with E-state index in [2.05, 4.69) is 0 Å². The van der Waals surface area contributed by atoms with E-state index in [4.69, 9.17) is 23.7 Å². The van der Waals surface area contributed by atoms with Gasteiger partial charge < -0.3 is 90.1 Å². The molecule has 6 aromatic carbocycles. The molecule has 8 atom stereocenters. The third-order valence-corrected chi connectivity index (χ3v) is 12.5. The van der Waals surface area contributed by atoms with E-state index in [9.17, 15) is 66.4 Å². The first-order chi connectivity index (χ1) is 30.0. The van der Waals surface area contributed by atoms with Crippen molar-refractivity contribution in [2.45, 2.75) is 54.2 Å². The molecule has 6 aromatic rings. The Morgan fingerprint density at radius 1 is 0.429 bits per heavy atom. The molecule has 11 rings (SSSR count). The van der Waals surface area contributed by atoms with Crippen molar-refractivity contribution in [3.05, 3.63) is 123 Å². The van der Waals surface area contributed by atoms with Gasteiger partial charge in [-0.25, -0.2) is 0 Å². The lowest BCUT2D eigenvalue weighted by molar-refractivity contribution is -0.227. The van der Waals surface area contributed by atoms with Crippen molar-refractivity contribution >= 4 is 0 Å². The molecule has 13 N–H and O–H groups in total. The van der Waals surface area contributed by atoms with E-state index in [1.54, 1.807) is 0 Å². The second-order valence-corrected chi connectivity index (χ2v) is 16.1. The minimum absolute atomic E-state index is 0.0277. The largest absolute Gasteiger partial charge is 0.508 e. The molecule has 18 nitrogen and oxygen atoms in total. The molecule has 4 bridgehead atoms. The molecule has 0 aromatic heterocycles. The highest BCUT2D eigenvalue weighted by Crippen LogP contribution is 2.67. The highest BCUT2D eigenvalue weighted by molar-refractivity contribution is 5.73. The number of aromatic hydroxyl groups is 10. The van der Waals surface area contributed by atoms with Crippen molar-refractivity contribution in [3.63, 3.8) is 0 Å². The van der Waals surface area contributed by atoms with Crippen LogP contribution in [0.1, 0.15) is 62.4 Å². The van der Waals surface area contributed by atoms with Gasteiger partial charge in [-0.3, -0.25) is 0 Å². The molecule has 0 aliphatic carbocycles. The number of phenols is 10. The van der Waals surface area contributed by atoms with E-state index in [-0.39, 0.29) is 79.7 Å². The number of phenolic OH excluding ortho intramolecular Hbond substituents is 10. The fourth-order valence-electron chi connectivity index (χ4n) is 9.70. The summed E-state index contributed by atoms with van der Waals surface area (Å²) in [5.74, 6) is -13.8. The van der Waals surface area contributed by atoms with Crippen LogP contribution in [-0.2, 0) is 18.0 Å². The predicted octanol–water partition coefficient (Wildman–Crippen LogP) is 4.04. The number of hydrogen-bond donors (Lipinski definition) is 13. The molecular weight excluding hydrogens is 828 g/mol. The molecular formula is C45H34O18. The Balaban J connectivity index is 1.20. The number of aliphatic hydroxyl groups excluding tert-OH is 3. The number of rotatable bonds is 3. The maximum atomic E-state index is 12.7. The Hall–Kier alpha value is -7.80. The van der Waals surface area contributed by atoms with Crippen molar-refractivity contribution in [1.29, 1.82) is 0 Å². The average Bonchev–Trinajstić information content (AvgIpc) is 3.22. The molecule has 0 radical (unpaired) electrons. The molecule has 0 saturated heterocycles. The molecule has 0 spiro atoms. The highest BCUT2D eigenvalue weighted by atomic mass is 16.7. The Bertz CT molecular complexity index is 2990. The van der Waals surface area contributed by atoms with Gasteiger partial charge in [-0.05, 0) is 54.1 Å². The van der Waals surface area contributed by atoms with Gasteiger partial charge in [0.25, 0.3) is 0 Å². The molecule has 18 heteroatoms. The van der Waals surface area contributed by atoms with Crippen LogP contribution in [0.3, 0.4) is 0 Å². The first kappa shape index (κ1) is 38.1. The summed E-state index contributed by atoms with van der Waals surface area (Å²) in [5.41, 5.74) is -0.123. The Labute approximate surface area is 353 Å². The lowest BCUT2D eigenvalue weighted by Crippen LogP contribution is -2.59. The quantitative estimate of drug-likeness (QED) is 0.112. The van der Waals surface area contributed by atoms with Gasteiger partial charge in [0.05, 0.1) is 17.9 Å². The van der Waals surface area contributed by atoms with Crippen molar-refractivity contribution in [3.8, 4) is 86.2 Å². The van der Waals surface area contributed by atoms with Crippen LogP contribution >= 0.6 is 0 Å². The number of aliphatic hydroxyl groups is 3. The van der Waals surface area contributed by atoms with Crippen LogP contribution in [0.5, 0.6) is 86.2 Å². The molecule has 5 aliphatic heterocycles. The second-order valence-electron chi connectivity index (χ2n) is 16.1. The lowest BCUT2D eigenvalue weighted by atomic mass is 9.70. The molecule has 0 saturated carbocycles. The summed E-state index contributed by atoms with van der Waals surface area (Å²) in [4.78, 5) is 0. The van der Waals surface area contributed by atoms with E-state index in [1.807, 2.05) is 0 Å². The summed E-state index contributed by atoms with van der Waals surface area (Å²) in [7, 11) is 0. The second kappa shape index (κ2) is 12.6. The third-order valence-electron chi connectivity index (χ3n) is 12.5. The van der Waals surface area contributed by atoms with Crippen LogP contribution in [0.25, 0.3) is 0 Å². The fraction of sp³-hybridized carbons (Fsp3) is 0.200. The first-order valence-corrected chi connectivity index (χ1v) is 19.4. The Morgan fingerprint density at radius 3 is 1.51 bits per heavy atom. The summed E-state index contributed by atoms with van der Waals surface area (Å²) in [6.07, 6.45) is -6.54. The fourth-order valence-corrected chi connectivity index (χ4v) is 9.70. The van der Waals surface area contributed by atoms with Crippen molar-refractivity contribution < 1.29 is 90.1 Å². The molecule has 322 valence electrons. The molecule has 0 unspecified atom stereocenters. The van der Waals surface area contributed by atoms with Gasteiger partial charge in [-0.1, -0.05) is 6.07 Å². The van der Waals surface area contributed by atoms with Crippen LogP contribution in [0.2, 0.25) is 0 Å². The SMILES string of the molecule is Oc1cc(O)c2c(c1)O[C@@]1(c3ccc(O)c(O)c3)Oc3cc(O)c4c(c3[C@@H]2[C@H]1O)O[C@@]1(c2ccc(O)c(O)c2)Oc2cc(O)c3c(c2[C@@H]4[C@@H]1O)O[C@H](c1ccc(O)c(O)c1)[C@H](O)C3. The van der Waals surface area contributed by atoms with E-state index in [0.29, 0.717) is 0 Å². The summed E-state index contributed by atoms with van der Waals surface area (Å²) in [6, 6.07) is 15.2. The van der Waals surface area contributed by atoms with Crippen LogP contribution < -0.4 is 23.7 Å². The normalized spacial score (nSPS) is 26.7. The van der Waals surface area contributed by atoms with Gasteiger partial charge in [0, 0.05) is 69.6 Å². The van der Waals surface area contributed by atoms with Gasteiger partial charge >= 0.3 is 11.6 Å². The maximum Gasteiger partial charge on any atom is 0.305 e. The highest BCUT2D eigenvalue weighted by Gasteiger charge is 2.64. The maximum absolute atomic E-state index is 12.7. The number of hydrogen-bond acceptors (Lipinski definition) is 18. The van der Waals surface area contributed by atoms with Crippen molar-refractivity contribution in [2.24, 2.45) is 0 Å². The summed E-state index contributed by atoms with van der Waals surface area (Å²) in [5, 5.41) is 145. The lowest BCUT2D eigenvalue weighted by Gasteiger charge is -2.53. The van der Waals surface area contributed by atoms with Gasteiger partial charge in [0.15, 0.2) is 34.5 Å². The Kier molecular flexibility index (Phi) is 7.65. The van der Waals surface area contributed by atoms with Gasteiger partial charge in [0.1, 0.15) is 70.1 Å². The first-order valence-electron chi connectivity index (χ1n) is 19.4. The van der Waals surface area contributed by atoms with Crippen LogP contribution in [0.4, 0.5) is 0 Å². The van der Waals surface area contributed by atoms with Crippen molar-refractivity contribution in [1.82, 2.24) is 0 Å². The standard InChI is InChI=1S/C45H34O18/c46-18-10-27(54)33-30(11-18)60-44(16-2-5-21(48)25(52)8-16)42(57)37(33)36-32(61-44)14-28(55)34-38-35-31(62-45(43(38)58,63-41(34)36)17-3-6-22(49)26(53)9-17)13-23(50)19-12-29(56)39(59-40(19)35)15-1-4-20(47)24(51)7-15/h1-11,13-14,29,37-39,42-43,46-58H,12H2/t29-,37-,38-,39-,42-,43+,44+,45-/m1/s1. The van der Waals surface area contributed by atoms with Crippen molar-refractivity contribution in [2.75, 3.05) is 0 Å². The van der Waals surface area contributed by atoms with E-state index >= 15 is 0 Å². The molecule has 0 fully saturated rings.